The fourth-order valence-electron chi connectivity index (χ4n) is 4.46. The number of nitrogens with zero attached hydrogens (tertiary/aromatic N) is 1. The van der Waals surface area contributed by atoms with Gasteiger partial charge >= 0.3 is 0 Å². The molecule has 1 atom stereocenters. The van der Waals surface area contributed by atoms with Gasteiger partial charge in [0.05, 0.1) is 0 Å². The Morgan fingerprint density at radius 3 is 2.39 bits per heavy atom. The van der Waals surface area contributed by atoms with Crippen molar-refractivity contribution in [3.8, 4) is 11.5 Å². The smallest absolute Gasteiger partial charge is 0.246 e. The van der Waals surface area contributed by atoms with Crippen LogP contribution in [0, 0.1) is 5.92 Å². The van der Waals surface area contributed by atoms with Crippen LogP contribution in [-0.2, 0) is 14.8 Å². The standard InChI is InChI=1S/C24H30N2O4S/c27-24(19-10-3-1-4-11-19)25-20-12-9-17-26(18-20)31(28,29)23-16-8-7-15-22(23)30-21-13-5-2-6-14-21/h2,5-8,13-16,19-20H,1,3-4,9-12,17-18H2,(H,25,27). The first-order valence-electron chi connectivity index (χ1n) is 11.2. The molecule has 2 aromatic carbocycles. The Morgan fingerprint density at radius 1 is 0.903 bits per heavy atom. The zero-order chi connectivity index (χ0) is 21.7. The van der Waals surface area contributed by atoms with Gasteiger partial charge in [-0.25, -0.2) is 8.42 Å². The highest BCUT2D eigenvalue weighted by molar-refractivity contribution is 7.89. The van der Waals surface area contributed by atoms with Gasteiger partial charge in [0.2, 0.25) is 15.9 Å². The van der Waals surface area contributed by atoms with E-state index in [1.807, 2.05) is 18.2 Å². The summed E-state index contributed by atoms with van der Waals surface area (Å²) in [5, 5.41) is 3.12. The molecule has 1 saturated heterocycles. The molecule has 1 aliphatic carbocycles. The second-order valence-electron chi connectivity index (χ2n) is 8.41. The topological polar surface area (TPSA) is 75.7 Å². The van der Waals surface area contributed by atoms with Gasteiger partial charge in [0.25, 0.3) is 0 Å². The summed E-state index contributed by atoms with van der Waals surface area (Å²) in [5.41, 5.74) is 0. The van der Waals surface area contributed by atoms with Crippen molar-refractivity contribution >= 4 is 15.9 Å². The predicted molar refractivity (Wildman–Crippen MR) is 119 cm³/mol. The van der Waals surface area contributed by atoms with Crippen LogP contribution >= 0.6 is 0 Å². The number of amides is 1. The summed E-state index contributed by atoms with van der Waals surface area (Å²) in [6, 6.07) is 15.7. The van der Waals surface area contributed by atoms with Gasteiger partial charge in [-0.05, 0) is 49.9 Å². The summed E-state index contributed by atoms with van der Waals surface area (Å²) in [7, 11) is -3.75. The molecule has 2 aliphatic rings. The van der Waals surface area contributed by atoms with Gasteiger partial charge in [-0.15, -0.1) is 0 Å². The van der Waals surface area contributed by atoms with Crippen LogP contribution in [0.5, 0.6) is 11.5 Å². The van der Waals surface area contributed by atoms with Gasteiger partial charge in [-0.1, -0.05) is 49.6 Å². The van der Waals surface area contributed by atoms with Crippen LogP contribution in [0.2, 0.25) is 0 Å². The molecular weight excluding hydrogens is 412 g/mol. The van der Waals surface area contributed by atoms with Crippen molar-refractivity contribution < 1.29 is 17.9 Å². The van der Waals surface area contributed by atoms with Crippen LogP contribution in [0.1, 0.15) is 44.9 Å². The van der Waals surface area contributed by atoms with Crippen molar-refractivity contribution in [2.24, 2.45) is 5.92 Å². The molecule has 6 nitrogen and oxygen atoms in total. The number of rotatable bonds is 6. The van der Waals surface area contributed by atoms with E-state index in [0.29, 0.717) is 24.6 Å². The zero-order valence-electron chi connectivity index (χ0n) is 17.7. The van der Waals surface area contributed by atoms with E-state index >= 15 is 0 Å². The summed E-state index contributed by atoms with van der Waals surface area (Å²) >= 11 is 0. The Labute approximate surface area is 184 Å². The average Bonchev–Trinajstić information content (AvgIpc) is 2.81. The van der Waals surface area contributed by atoms with Gasteiger partial charge in [0, 0.05) is 25.0 Å². The lowest BCUT2D eigenvalue weighted by molar-refractivity contribution is -0.126. The van der Waals surface area contributed by atoms with Crippen molar-refractivity contribution in [3.05, 3.63) is 54.6 Å². The number of nitrogens with one attached hydrogen (secondary N) is 1. The van der Waals surface area contributed by atoms with Crippen molar-refractivity contribution in [1.29, 1.82) is 0 Å². The molecule has 2 aromatic rings. The molecule has 0 spiro atoms. The van der Waals surface area contributed by atoms with Crippen LogP contribution in [0.25, 0.3) is 0 Å². The molecule has 1 N–H and O–H groups in total. The highest BCUT2D eigenvalue weighted by atomic mass is 32.2. The highest BCUT2D eigenvalue weighted by Gasteiger charge is 2.33. The molecule has 1 amide bonds. The Kier molecular flexibility index (Phi) is 6.92. The maximum Gasteiger partial charge on any atom is 0.246 e. The molecule has 0 radical (unpaired) electrons. The lowest BCUT2D eigenvalue weighted by Crippen LogP contribution is -2.50. The van der Waals surface area contributed by atoms with Gasteiger partial charge in [-0.2, -0.15) is 4.31 Å². The van der Waals surface area contributed by atoms with Gasteiger partial charge in [0.15, 0.2) is 0 Å². The number of benzene rings is 2. The molecule has 1 unspecified atom stereocenters. The maximum absolute atomic E-state index is 13.5. The Hall–Kier alpha value is -2.38. The second kappa shape index (κ2) is 9.83. The van der Waals surface area contributed by atoms with Crippen molar-refractivity contribution in [3.63, 3.8) is 0 Å². The molecule has 1 heterocycles. The molecule has 1 aliphatic heterocycles. The third-order valence-electron chi connectivity index (χ3n) is 6.14. The number of sulfonamides is 1. The Bertz CT molecular complexity index is 988. The zero-order valence-corrected chi connectivity index (χ0v) is 18.5. The van der Waals surface area contributed by atoms with Crippen LogP contribution in [0.3, 0.4) is 0 Å². The first-order valence-corrected chi connectivity index (χ1v) is 12.6. The minimum Gasteiger partial charge on any atom is -0.456 e. The minimum atomic E-state index is -3.75. The fourth-order valence-corrected chi connectivity index (χ4v) is 6.10. The number of para-hydroxylation sites is 2. The summed E-state index contributed by atoms with van der Waals surface area (Å²) in [4.78, 5) is 12.8. The van der Waals surface area contributed by atoms with E-state index in [1.54, 1.807) is 36.4 Å². The average molecular weight is 443 g/mol. The van der Waals surface area contributed by atoms with E-state index in [2.05, 4.69) is 5.32 Å². The lowest BCUT2D eigenvalue weighted by atomic mass is 9.88. The predicted octanol–water partition coefficient (Wildman–Crippen LogP) is 4.33. The first-order chi connectivity index (χ1) is 15.0. The number of carbonyl (C=O) groups excluding carboxylic acids is 1. The van der Waals surface area contributed by atoms with E-state index in [4.69, 9.17) is 4.74 Å². The van der Waals surface area contributed by atoms with E-state index in [1.165, 1.54) is 10.7 Å². The quantitative estimate of drug-likeness (QED) is 0.723. The lowest BCUT2D eigenvalue weighted by Gasteiger charge is -2.33. The largest absolute Gasteiger partial charge is 0.456 e. The van der Waals surface area contributed by atoms with Crippen molar-refractivity contribution in [1.82, 2.24) is 9.62 Å². The number of piperidine rings is 1. The van der Waals surface area contributed by atoms with Gasteiger partial charge < -0.3 is 10.1 Å². The van der Waals surface area contributed by atoms with Crippen LogP contribution in [0.4, 0.5) is 0 Å². The van der Waals surface area contributed by atoms with Crippen molar-refractivity contribution in [2.75, 3.05) is 13.1 Å². The second-order valence-corrected chi connectivity index (χ2v) is 10.3. The van der Waals surface area contributed by atoms with Crippen LogP contribution in [0.15, 0.2) is 59.5 Å². The third-order valence-corrected chi connectivity index (χ3v) is 8.05. The maximum atomic E-state index is 13.5. The van der Waals surface area contributed by atoms with Crippen LogP contribution < -0.4 is 10.1 Å². The number of hydrogen-bond acceptors (Lipinski definition) is 4. The molecular formula is C24H30N2O4S. The minimum absolute atomic E-state index is 0.0701. The highest BCUT2D eigenvalue weighted by Crippen LogP contribution is 2.32. The monoisotopic (exact) mass is 442 g/mol. The Balaban J connectivity index is 1.48. The summed E-state index contributed by atoms with van der Waals surface area (Å²) in [6.45, 7) is 0.734. The van der Waals surface area contributed by atoms with Crippen LogP contribution in [-0.4, -0.2) is 37.8 Å². The first kappa shape index (κ1) is 21.8. The summed E-state index contributed by atoms with van der Waals surface area (Å²) < 4.78 is 34.3. The molecule has 4 rings (SSSR count). The molecule has 166 valence electrons. The number of carbonyl (C=O) groups is 1. The molecule has 1 saturated carbocycles. The van der Waals surface area contributed by atoms with E-state index in [-0.39, 0.29) is 22.8 Å². The van der Waals surface area contributed by atoms with Gasteiger partial charge in [0.1, 0.15) is 16.4 Å². The number of ether oxygens (including phenoxy) is 1. The van der Waals surface area contributed by atoms with E-state index < -0.39 is 10.0 Å². The third kappa shape index (κ3) is 5.28. The normalized spacial score (nSPS) is 20.8. The van der Waals surface area contributed by atoms with Crippen molar-refractivity contribution in [2.45, 2.75) is 55.9 Å². The SMILES string of the molecule is O=C(NC1CCCN(S(=O)(=O)c2ccccc2Oc2ccccc2)C1)C1CCCCC1. The molecule has 2 fully saturated rings. The number of hydrogen-bond donors (Lipinski definition) is 1. The molecule has 7 heteroatoms. The van der Waals surface area contributed by atoms with E-state index in [0.717, 1.165) is 38.5 Å². The molecule has 0 bridgehead atoms. The summed E-state index contributed by atoms with van der Waals surface area (Å²) in [6.07, 6.45) is 6.78. The molecule has 31 heavy (non-hydrogen) atoms. The van der Waals surface area contributed by atoms with E-state index in [9.17, 15) is 13.2 Å². The Morgan fingerprint density at radius 2 is 1.61 bits per heavy atom. The molecule has 0 aromatic heterocycles. The van der Waals surface area contributed by atoms with Gasteiger partial charge in [-0.3, -0.25) is 4.79 Å². The summed E-state index contributed by atoms with van der Waals surface area (Å²) in [5.74, 6) is 1.04. The fraction of sp³-hybridized carbons (Fsp3) is 0.458.